The van der Waals surface area contributed by atoms with Gasteiger partial charge in [-0.05, 0) is 36.2 Å². The lowest BCUT2D eigenvalue weighted by Crippen LogP contribution is -2.39. The van der Waals surface area contributed by atoms with Crippen LogP contribution in [0.4, 0.5) is 5.82 Å². The number of hydrogen-bond acceptors (Lipinski definition) is 4. The van der Waals surface area contributed by atoms with Crippen LogP contribution in [0.5, 0.6) is 5.75 Å². The molecule has 2 atom stereocenters. The topological polar surface area (TPSA) is 49.1 Å². The summed E-state index contributed by atoms with van der Waals surface area (Å²) < 4.78 is 5.22. The summed E-state index contributed by atoms with van der Waals surface area (Å²) in [5, 5.41) is 9.39. The van der Waals surface area contributed by atoms with Crippen molar-refractivity contribution in [3.63, 3.8) is 0 Å². The maximum absolute atomic E-state index is 9.39. The summed E-state index contributed by atoms with van der Waals surface area (Å²) in [5.41, 5.74) is 1.25. The van der Waals surface area contributed by atoms with Crippen molar-refractivity contribution in [1.82, 2.24) is 4.98 Å². The summed E-state index contributed by atoms with van der Waals surface area (Å²) in [6.45, 7) is 1.64. The number of anilines is 1. The van der Waals surface area contributed by atoms with Crippen molar-refractivity contribution in [1.29, 1.82) is 5.26 Å². The van der Waals surface area contributed by atoms with E-state index in [9.17, 15) is 5.26 Å². The van der Waals surface area contributed by atoms with Crippen LogP contribution in [0.2, 0.25) is 0 Å². The highest BCUT2D eigenvalue weighted by Crippen LogP contribution is 2.32. The molecule has 2 aromatic rings. The Balaban J connectivity index is 1.83. The predicted octanol–water partition coefficient (Wildman–Crippen LogP) is 3.22. The third-order valence-corrected chi connectivity index (χ3v) is 4.19. The van der Waals surface area contributed by atoms with E-state index in [0.717, 1.165) is 31.1 Å². The molecule has 0 spiro atoms. The monoisotopic (exact) mass is 293 g/mol. The molecule has 0 N–H and O–H groups in total. The highest BCUT2D eigenvalue weighted by molar-refractivity contribution is 5.41. The number of hydrogen-bond donors (Lipinski definition) is 0. The van der Waals surface area contributed by atoms with E-state index < -0.39 is 0 Å². The van der Waals surface area contributed by atoms with Crippen LogP contribution in [0.15, 0.2) is 48.7 Å². The van der Waals surface area contributed by atoms with Gasteiger partial charge in [-0.15, -0.1) is 0 Å². The number of nitriles is 1. The first-order valence-corrected chi connectivity index (χ1v) is 7.49. The smallest absolute Gasteiger partial charge is 0.128 e. The van der Waals surface area contributed by atoms with Gasteiger partial charge in [0.25, 0.3) is 0 Å². The van der Waals surface area contributed by atoms with Gasteiger partial charge in [0.05, 0.1) is 19.1 Å². The van der Waals surface area contributed by atoms with Gasteiger partial charge in [-0.2, -0.15) is 5.26 Å². The fraction of sp³-hybridized carbons (Fsp3) is 0.333. The van der Waals surface area contributed by atoms with Crippen molar-refractivity contribution in [3.8, 4) is 11.8 Å². The quantitative estimate of drug-likeness (QED) is 0.872. The molecule has 1 aromatic heterocycles. The number of rotatable bonds is 3. The van der Waals surface area contributed by atoms with E-state index in [2.05, 4.69) is 28.1 Å². The minimum atomic E-state index is 0.0304. The van der Waals surface area contributed by atoms with Gasteiger partial charge in [-0.25, -0.2) is 4.98 Å². The molecule has 0 radical (unpaired) electrons. The first kappa shape index (κ1) is 14.4. The molecule has 3 rings (SSSR count). The Morgan fingerprint density at radius 3 is 2.64 bits per heavy atom. The number of piperidine rings is 1. The Hall–Kier alpha value is -2.54. The Bertz CT molecular complexity index is 648. The van der Waals surface area contributed by atoms with Crippen molar-refractivity contribution in [3.05, 3.63) is 54.2 Å². The zero-order valence-electron chi connectivity index (χ0n) is 12.6. The molecular weight excluding hydrogens is 274 g/mol. The molecule has 1 aromatic carbocycles. The fourth-order valence-electron chi connectivity index (χ4n) is 3.04. The molecule has 0 amide bonds. The average molecular weight is 293 g/mol. The molecule has 2 unspecified atom stereocenters. The standard InChI is InChI=1S/C18H19N3O/c1-22-17-7-5-15(6-8-17)16-10-14(11-19)12-21(13-16)18-4-2-3-9-20-18/h2-9,14,16H,10,12-13H2,1H3. The molecule has 112 valence electrons. The van der Waals surface area contributed by atoms with Crippen LogP contribution in [0, 0.1) is 17.2 Å². The number of methoxy groups -OCH3 is 1. The number of nitrogens with zero attached hydrogens (tertiary/aromatic N) is 3. The average Bonchev–Trinajstić information content (AvgIpc) is 2.62. The summed E-state index contributed by atoms with van der Waals surface area (Å²) in [7, 11) is 1.67. The van der Waals surface area contributed by atoms with E-state index in [1.54, 1.807) is 13.3 Å². The largest absolute Gasteiger partial charge is 0.497 e. The lowest BCUT2D eigenvalue weighted by atomic mass is 9.85. The van der Waals surface area contributed by atoms with Crippen LogP contribution >= 0.6 is 0 Å². The fourth-order valence-corrected chi connectivity index (χ4v) is 3.04. The van der Waals surface area contributed by atoms with Crippen molar-refractivity contribution in [2.45, 2.75) is 12.3 Å². The zero-order chi connectivity index (χ0) is 15.4. The Labute approximate surface area is 131 Å². The van der Waals surface area contributed by atoms with Crippen molar-refractivity contribution < 1.29 is 4.74 Å². The molecule has 1 aliphatic heterocycles. The van der Waals surface area contributed by atoms with Crippen molar-refractivity contribution >= 4 is 5.82 Å². The Kier molecular flexibility index (Phi) is 4.24. The van der Waals surface area contributed by atoms with Crippen molar-refractivity contribution in [2.24, 2.45) is 5.92 Å². The zero-order valence-corrected chi connectivity index (χ0v) is 12.6. The van der Waals surface area contributed by atoms with Crippen LogP contribution in [0.25, 0.3) is 0 Å². The molecule has 22 heavy (non-hydrogen) atoms. The number of benzene rings is 1. The summed E-state index contributed by atoms with van der Waals surface area (Å²) in [6, 6.07) is 16.5. The lowest BCUT2D eigenvalue weighted by Gasteiger charge is -2.36. The molecule has 0 saturated carbocycles. The molecule has 1 saturated heterocycles. The number of ether oxygens (including phenoxy) is 1. The first-order chi connectivity index (χ1) is 10.8. The van der Waals surface area contributed by atoms with Crippen molar-refractivity contribution in [2.75, 3.05) is 25.1 Å². The third-order valence-electron chi connectivity index (χ3n) is 4.19. The molecular formula is C18H19N3O. The lowest BCUT2D eigenvalue weighted by molar-refractivity contribution is 0.413. The van der Waals surface area contributed by atoms with Crippen LogP contribution in [-0.2, 0) is 0 Å². The van der Waals surface area contributed by atoms with E-state index in [4.69, 9.17) is 4.74 Å². The van der Waals surface area contributed by atoms with E-state index in [0.29, 0.717) is 5.92 Å². The van der Waals surface area contributed by atoms with E-state index >= 15 is 0 Å². The summed E-state index contributed by atoms with van der Waals surface area (Å²) in [6.07, 6.45) is 2.69. The van der Waals surface area contributed by atoms with Crippen LogP contribution in [0.1, 0.15) is 17.9 Å². The number of pyridine rings is 1. The van der Waals surface area contributed by atoms with Gasteiger partial charge >= 0.3 is 0 Å². The minimum absolute atomic E-state index is 0.0304. The van der Waals surface area contributed by atoms with E-state index in [1.165, 1.54) is 5.56 Å². The maximum atomic E-state index is 9.39. The molecule has 2 heterocycles. The second-order valence-corrected chi connectivity index (χ2v) is 5.62. The molecule has 0 aliphatic carbocycles. The van der Waals surface area contributed by atoms with E-state index in [-0.39, 0.29) is 5.92 Å². The molecule has 0 bridgehead atoms. The van der Waals surface area contributed by atoms with Crippen LogP contribution in [-0.4, -0.2) is 25.2 Å². The minimum Gasteiger partial charge on any atom is -0.497 e. The normalized spacial score (nSPS) is 21.2. The highest BCUT2D eigenvalue weighted by atomic mass is 16.5. The summed E-state index contributed by atoms with van der Waals surface area (Å²) in [4.78, 5) is 6.64. The van der Waals surface area contributed by atoms with Crippen LogP contribution in [0.3, 0.4) is 0 Å². The van der Waals surface area contributed by atoms with Gasteiger partial charge in [0.1, 0.15) is 11.6 Å². The highest BCUT2D eigenvalue weighted by Gasteiger charge is 2.28. The first-order valence-electron chi connectivity index (χ1n) is 7.49. The predicted molar refractivity (Wildman–Crippen MR) is 85.9 cm³/mol. The maximum Gasteiger partial charge on any atom is 0.128 e. The summed E-state index contributed by atoms with van der Waals surface area (Å²) >= 11 is 0. The molecule has 4 heteroatoms. The van der Waals surface area contributed by atoms with Gasteiger partial charge in [0.15, 0.2) is 0 Å². The van der Waals surface area contributed by atoms with Gasteiger partial charge in [-0.1, -0.05) is 18.2 Å². The summed E-state index contributed by atoms with van der Waals surface area (Å²) in [5.74, 6) is 2.17. The Morgan fingerprint density at radius 2 is 2.00 bits per heavy atom. The second-order valence-electron chi connectivity index (χ2n) is 5.62. The molecule has 1 fully saturated rings. The van der Waals surface area contributed by atoms with Crippen LogP contribution < -0.4 is 9.64 Å². The van der Waals surface area contributed by atoms with Gasteiger partial charge in [0, 0.05) is 25.2 Å². The Morgan fingerprint density at radius 1 is 1.18 bits per heavy atom. The van der Waals surface area contributed by atoms with Gasteiger partial charge in [-0.3, -0.25) is 0 Å². The second kappa shape index (κ2) is 6.48. The van der Waals surface area contributed by atoms with E-state index in [1.807, 2.05) is 30.3 Å². The van der Waals surface area contributed by atoms with Gasteiger partial charge < -0.3 is 9.64 Å². The molecule has 1 aliphatic rings. The SMILES string of the molecule is COc1ccc(C2CC(C#N)CN(c3ccccn3)C2)cc1. The van der Waals surface area contributed by atoms with Gasteiger partial charge in [0.2, 0.25) is 0 Å². The number of aromatic nitrogens is 1. The molecule has 4 nitrogen and oxygen atoms in total. The third kappa shape index (κ3) is 3.04.